The fraction of sp³-hybridized carbons (Fsp3) is 0.273. The number of amides is 4. The monoisotopic (exact) mass is 250 g/mol. The summed E-state index contributed by atoms with van der Waals surface area (Å²) in [6.45, 7) is -0.726. The highest BCUT2D eigenvalue weighted by Gasteiger charge is 2.35. The second-order valence-electron chi connectivity index (χ2n) is 3.84. The first-order chi connectivity index (χ1) is 8.54. The second kappa shape index (κ2) is 4.53. The molecule has 2 aliphatic rings. The van der Waals surface area contributed by atoms with Gasteiger partial charge < -0.3 is 5.11 Å². The number of imide groups is 2. The lowest BCUT2D eigenvalue weighted by molar-refractivity contribution is -0.146. The fourth-order valence-corrected chi connectivity index (χ4v) is 1.81. The van der Waals surface area contributed by atoms with E-state index in [1.807, 2.05) is 0 Å². The van der Waals surface area contributed by atoms with Gasteiger partial charge in [0.25, 0.3) is 23.6 Å². The third kappa shape index (κ3) is 1.95. The number of nitrogens with zero attached hydrogens (tertiary/aromatic N) is 2. The number of rotatable bonds is 4. The first kappa shape index (κ1) is 12.2. The van der Waals surface area contributed by atoms with E-state index in [0.29, 0.717) is 0 Å². The zero-order valence-electron chi connectivity index (χ0n) is 9.28. The molecule has 0 aromatic rings. The van der Waals surface area contributed by atoms with E-state index in [1.54, 1.807) is 0 Å². The van der Waals surface area contributed by atoms with Crippen LogP contribution in [-0.2, 0) is 19.2 Å². The maximum absolute atomic E-state index is 11.4. The molecule has 1 unspecified atom stereocenters. The second-order valence-corrected chi connectivity index (χ2v) is 3.84. The Morgan fingerprint density at radius 3 is 1.78 bits per heavy atom. The third-order valence-electron chi connectivity index (χ3n) is 2.71. The number of aliphatic hydroxyl groups excluding tert-OH is 1. The smallest absolute Gasteiger partial charge is 0.254 e. The van der Waals surface area contributed by atoms with Gasteiger partial charge in [-0.3, -0.25) is 29.0 Å². The van der Waals surface area contributed by atoms with Crippen LogP contribution in [0.25, 0.3) is 0 Å². The van der Waals surface area contributed by atoms with Gasteiger partial charge in [-0.1, -0.05) is 0 Å². The predicted molar refractivity (Wildman–Crippen MR) is 57.7 cm³/mol. The van der Waals surface area contributed by atoms with Crippen molar-refractivity contribution in [3.05, 3.63) is 24.3 Å². The summed E-state index contributed by atoms with van der Waals surface area (Å²) in [4.78, 5) is 47.3. The van der Waals surface area contributed by atoms with Gasteiger partial charge in [0, 0.05) is 24.3 Å². The number of carbonyl (C=O) groups excluding carboxylic acids is 4. The van der Waals surface area contributed by atoms with Gasteiger partial charge in [0.2, 0.25) is 0 Å². The van der Waals surface area contributed by atoms with Gasteiger partial charge in [-0.05, 0) is 0 Å². The van der Waals surface area contributed by atoms with Crippen molar-refractivity contribution in [1.29, 1.82) is 0 Å². The average Bonchev–Trinajstić information content (AvgIpc) is 2.83. The van der Waals surface area contributed by atoms with Gasteiger partial charge in [-0.15, -0.1) is 0 Å². The van der Waals surface area contributed by atoms with E-state index in [4.69, 9.17) is 0 Å². The largest absolute Gasteiger partial charge is 0.394 e. The van der Waals surface area contributed by atoms with Gasteiger partial charge >= 0.3 is 0 Å². The summed E-state index contributed by atoms with van der Waals surface area (Å²) in [5.41, 5.74) is 0. The minimum Gasteiger partial charge on any atom is -0.394 e. The summed E-state index contributed by atoms with van der Waals surface area (Å²) in [6.07, 6.45) is 4.36. The zero-order valence-corrected chi connectivity index (χ0v) is 9.28. The van der Waals surface area contributed by atoms with E-state index in [9.17, 15) is 24.3 Å². The van der Waals surface area contributed by atoms with E-state index in [1.165, 1.54) is 0 Å². The van der Waals surface area contributed by atoms with Crippen LogP contribution >= 0.6 is 0 Å². The minimum absolute atomic E-state index is 0.208. The van der Waals surface area contributed by atoms with Gasteiger partial charge in [0.1, 0.15) is 0 Å². The topological polar surface area (TPSA) is 95.0 Å². The van der Waals surface area contributed by atoms with E-state index < -0.39 is 36.3 Å². The maximum atomic E-state index is 11.4. The van der Waals surface area contributed by atoms with Crippen LogP contribution < -0.4 is 0 Å². The van der Waals surface area contributed by atoms with Crippen LogP contribution in [0.3, 0.4) is 0 Å². The predicted octanol–water partition coefficient (Wildman–Crippen LogP) is -1.80. The zero-order chi connectivity index (χ0) is 13.3. The Kier molecular flexibility index (Phi) is 3.07. The molecular formula is C11H10N2O5. The molecule has 7 nitrogen and oxygen atoms in total. The van der Waals surface area contributed by atoms with Crippen LogP contribution in [0.4, 0.5) is 0 Å². The molecule has 0 bridgehead atoms. The van der Waals surface area contributed by atoms with E-state index >= 15 is 0 Å². The SMILES string of the molecule is O=C1C=CC(=O)N1CC(CO)N1C(=O)C=CC1=O. The van der Waals surface area contributed by atoms with Crippen molar-refractivity contribution >= 4 is 23.6 Å². The van der Waals surface area contributed by atoms with E-state index in [2.05, 4.69) is 0 Å². The molecule has 0 saturated heterocycles. The molecular weight excluding hydrogens is 240 g/mol. The summed E-state index contributed by atoms with van der Waals surface area (Å²) in [7, 11) is 0. The quantitative estimate of drug-likeness (QED) is 0.594. The van der Waals surface area contributed by atoms with E-state index in [-0.39, 0.29) is 6.54 Å². The van der Waals surface area contributed by atoms with Crippen LogP contribution in [0, 0.1) is 0 Å². The molecule has 1 N–H and O–H groups in total. The molecule has 2 rings (SSSR count). The molecule has 2 aliphatic heterocycles. The molecule has 7 heteroatoms. The number of aliphatic hydroxyl groups is 1. The van der Waals surface area contributed by atoms with Gasteiger partial charge in [-0.2, -0.15) is 0 Å². The Bertz CT molecular complexity index is 458. The Balaban J connectivity index is 2.11. The van der Waals surface area contributed by atoms with Crippen LogP contribution in [0.1, 0.15) is 0 Å². The first-order valence-corrected chi connectivity index (χ1v) is 5.24. The molecule has 0 radical (unpaired) electrons. The summed E-state index contributed by atoms with van der Waals surface area (Å²) in [6, 6.07) is -0.923. The van der Waals surface area contributed by atoms with Crippen LogP contribution in [0.5, 0.6) is 0 Å². The first-order valence-electron chi connectivity index (χ1n) is 5.24. The molecule has 2 heterocycles. The number of hydrogen-bond acceptors (Lipinski definition) is 5. The Morgan fingerprint density at radius 2 is 1.33 bits per heavy atom. The molecule has 0 aromatic carbocycles. The van der Waals surface area contributed by atoms with Crippen molar-refractivity contribution in [2.24, 2.45) is 0 Å². The van der Waals surface area contributed by atoms with Crippen molar-refractivity contribution in [2.45, 2.75) is 6.04 Å². The van der Waals surface area contributed by atoms with Gasteiger partial charge in [0.15, 0.2) is 0 Å². The van der Waals surface area contributed by atoms with Crippen LogP contribution in [0.2, 0.25) is 0 Å². The van der Waals surface area contributed by atoms with Crippen molar-refractivity contribution in [1.82, 2.24) is 9.80 Å². The molecule has 94 valence electrons. The molecule has 0 aliphatic carbocycles. The average molecular weight is 250 g/mol. The van der Waals surface area contributed by atoms with Crippen molar-refractivity contribution in [3.63, 3.8) is 0 Å². The normalized spacial score (nSPS) is 20.5. The maximum Gasteiger partial charge on any atom is 0.254 e. The highest BCUT2D eigenvalue weighted by molar-refractivity contribution is 6.14. The van der Waals surface area contributed by atoms with Crippen LogP contribution in [0.15, 0.2) is 24.3 Å². The fourth-order valence-electron chi connectivity index (χ4n) is 1.81. The summed E-state index contributed by atoms with van der Waals surface area (Å²) in [5.74, 6) is -2.17. The van der Waals surface area contributed by atoms with Crippen molar-refractivity contribution in [2.75, 3.05) is 13.2 Å². The van der Waals surface area contributed by atoms with Crippen molar-refractivity contribution < 1.29 is 24.3 Å². The lowest BCUT2D eigenvalue weighted by Gasteiger charge is -2.27. The summed E-state index contributed by atoms with van der Waals surface area (Å²) in [5, 5.41) is 9.21. The Labute approximate surface area is 102 Å². The standard InChI is InChI=1S/C11H10N2O5/c14-6-7(13-10(17)3-4-11(13)18)5-12-8(15)1-2-9(12)16/h1-4,7,14H,5-6H2. The molecule has 18 heavy (non-hydrogen) atoms. The number of hydrogen-bond donors (Lipinski definition) is 1. The highest BCUT2D eigenvalue weighted by Crippen LogP contribution is 2.13. The molecule has 4 amide bonds. The molecule has 0 spiro atoms. The molecule has 0 fully saturated rings. The summed E-state index contributed by atoms with van der Waals surface area (Å²) < 4.78 is 0. The van der Waals surface area contributed by atoms with Crippen molar-refractivity contribution in [3.8, 4) is 0 Å². The Morgan fingerprint density at radius 1 is 0.889 bits per heavy atom. The Hall–Kier alpha value is -2.28. The molecule has 1 atom stereocenters. The lowest BCUT2D eigenvalue weighted by Crippen LogP contribution is -2.50. The van der Waals surface area contributed by atoms with Gasteiger partial charge in [-0.25, -0.2) is 0 Å². The highest BCUT2D eigenvalue weighted by atomic mass is 16.3. The lowest BCUT2D eigenvalue weighted by atomic mass is 10.2. The molecule has 0 aromatic heterocycles. The van der Waals surface area contributed by atoms with Crippen LogP contribution in [-0.4, -0.2) is 57.7 Å². The summed E-state index contributed by atoms with van der Waals surface area (Å²) >= 11 is 0. The minimum atomic E-state index is -0.923. The van der Waals surface area contributed by atoms with E-state index in [0.717, 1.165) is 34.1 Å². The molecule has 0 saturated carbocycles. The number of carbonyl (C=O) groups is 4. The van der Waals surface area contributed by atoms with Gasteiger partial charge in [0.05, 0.1) is 19.2 Å². The third-order valence-corrected chi connectivity index (χ3v) is 2.71.